The van der Waals surface area contributed by atoms with Gasteiger partial charge < -0.3 is 10.6 Å². The highest BCUT2D eigenvalue weighted by atomic mass is 16.2. The molecule has 1 aliphatic carbocycles. The molecule has 0 spiro atoms. The van der Waals surface area contributed by atoms with Gasteiger partial charge in [0.25, 0.3) is 0 Å². The van der Waals surface area contributed by atoms with Crippen LogP contribution in [0, 0.1) is 5.92 Å². The topological polar surface area (TPSA) is 46.3 Å². The number of nitrogen functional groups attached to an aromatic ring is 1. The molecule has 0 heterocycles. The van der Waals surface area contributed by atoms with Crippen LogP contribution < -0.4 is 5.73 Å². The highest BCUT2D eigenvalue weighted by Crippen LogP contribution is 2.31. The Hall–Kier alpha value is -1.51. The van der Waals surface area contributed by atoms with Crippen LogP contribution in [-0.2, 0) is 4.79 Å². The lowest BCUT2D eigenvalue weighted by molar-refractivity contribution is -0.133. The molecule has 2 rings (SSSR count). The van der Waals surface area contributed by atoms with Gasteiger partial charge in [0.15, 0.2) is 0 Å². The number of amides is 1. The van der Waals surface area contributed by atoms with Crippen molar-refractivity contribution in [3.63, 3.8) is 0 Å². The first-order valence-electron chi connectivity index (χ1n) is 7.65. The van der Waals surface area contributed by atoms with Gasteiger partial charge in [-0.05, 0) is 49.8 Å². The van der Waals surface area contributed by atoms with Gasteiger partial charge in [0.2, 0.25) is 5.91 Å². The Morgan fingerprint density at radius 1 is 1.35 bits per heavy atom. The standard InChI is InChI=1S/C17H26N2O/c1-12(2)9-10-19(16-7-8-16)17(20)13(3)14-5-4-6-15(18)11-14/h4-6,11-13,16H,7-10,18H2,1-3H3. The predicted octanol–water partition coefficient (Wildman–Crippen LogP) is 3.41. The smallest absolute Gasteiger partial charge is 0.230 e. The fourth-order valence-electron chi connectivity index (χ4n) is 2.48. The van der Waals surface area contributed by atoms with Crippen molar-refractivity contribution in [2.24, 2.45) is 5.92 Å². The lowest BCUT2D eigenvalue weighted by Crippen LogP contribution is -2.37. The van der Waals surface area contributed by atoms with Crippen LogP contribution in [0.15, 0.2) is 24.3 Å². The van der Waals surface area contributed by atoms with Crippen molar-refractivity contribution in [3.8, 4) is 0 Å². The molecule has 0 saturated heterocycles. The zero-order valence-electron chi connectivity index (χ0n) is 12.8. The molecular weight excluding hydrogens is 248 g/mol. The number of carbonyl (C=O) groups is 1. The van der Waals surface area contributed by atoms with Crippen molar-refractivity contribution in [3.05, 3.63) is 29.8 Å². The van der Waals surface area contributed by atoms with Crippen molar-refractivity contribution in [2.45, 2.75) is 52.0 Å². The van der Waals surface area contributed by atoms with Gasteiger partial charge in [0, 0.05) is 18.3 Å². The van der Waals surface area contributed by atoms with Gasteiger partial charge in [-0.15, -0.1) is 0 Å². The van der Waals surface area contributed by atoms with E-state index in [0.29, 0.717) is 12.0 Å². The maximum atomic E-state index is 12.7. The lowest BCUT2D eigenvalue weighted by atomic mass is 9.98. The fourth-order valence-corrected chi connectivity index (χ4v) is 2.48. The Labute approximate surface area is 122 Å². The number of rotatable bonds is 6. The monoisotopic (exact) mass is 274 g/mol. The van der Waals surface area contributed by atoms with E-state index in [-0.39, 0.29) is 11.8 Å². The Morgan fingerprint density at radius 3 is 2.60 bits per heavy atom. The van der Waals surface area contributed by atoms with Crippen molar-refractivity contribution in [1.29, 1.82) is 0 Å². The van der Waals surface area contributed by atoms with E-state index in [1.165, 1.54) is 0 Å². The average Bonchev–Trinajstić information content (AvgIpc) is 3.22. The minimum absolute atomic E-state index is 0.105. The molecule has 1 aromatic rings. The molecule has 0 aromatic heterocycles. The van der Waals surface area contributed by atoms with E-state index in [4.69, 9.17) is 5.73 Å². The Bertz CT molecular complexity index is 466. The second kappa shape index (κ2) is 6.29. The number of anilines is 1. The molecule has 0 radical (unpaired) electrons. The summed E-state index contributed by atoms with van der Waals surface area (Å²) in [5.41, 5.74) is 7.56. The third-order valence-corrected chi connectivity index (χ3v) is 4.00. The minimum Gasteiger partial charge on any atom is -0.399 e. The number of hydrogen-bond donors (Lipinski definition) is 1. The second-order valence-corrected chi connectivity index (χ2v) is 6.34. The maximum Gasteiger partial charge on any atom is 0.230 e. The summed E-state index contributed by atoms with van der Waals surface area (Å²) >= 11 is 0. The lowest BCUT2D eigenvalue weighted by Gasteiger charge is -2.27. The van der Waals surface area contributed by atoms with Gasteiger partial charge in [-0.1, -0.05) is 26.0 Å². The third-order valence-electron chi connectivity index (χ3n) is 4.00. The van der Waals surface area contributed by atoms with Gasteiger partial charge in [0.1, 0.15) is 0 Å². The Balaban J connectivity index is 2.06. The van der Waals surface area contributed by atoms with Crippen molar-refractivity contribution in [1.82, 2.24) is 4.90 Å². The van der Waals surface area contributed by atoms with E-state index in [1.807, 2.05) is 31.2 Å². The van der Waals surface area contributed by atoms with Gasteiger partial charge in [-0.3, -0.25) is 4.79 Å². The molecule has 2 N–H and O–H groups in total. The van der Waals surface area contributed by atoms with Crippen LogP contribution in [0.2, 0.25) is 0 Å². The molecule has 1 aromatic carbocycles. The second-order valence-electron chi connectivity index (χ2n) is 6.34. The maximum absolute atomic E-state index is 12.7. The van der Waals surface area contributed by atoms with Crippen LogP contribution in [0.3, 0.4) is 0 Å². The molecule has 3 nitrogen and oxygen atoms in total. The molecule has 1 unspecified atom stereocenters. The summed E-state index contributed by atoms with van der Waals surface area (Å²) in [6.45, 7) is 7.28. The van der Waals surface area contributed by atoms with E-state index >= 15 is 0 Å². The summed E-state index contributed by atoms with van der Waals surface area (Å²) in [5, 5.41) is 0. The van der Waals surface area contributed by atoms with Crippen molar-refractivity contribution in [2.75, 3.05) is 12.3 Å². The molecule has 0 aliphatic heterocycles. The zero-order chi connectivity index (χ0) is 14.7. The number of benzene rings is 1. The molecule has 1 saturated carbocycles. The van der Waals surface area contributed by atoms with Crippen LogP contribution in [0.4, 0.5) is 5.69 Å². The number of nitrogens with zero attached hydrogens (tertiary/aromatic N) is 1. The van der Waals surface area contributed by atoms with Gasteiger partial charge >= 0.3 is 0 Å². The van der Waals surface area contributed by atoms with E-state index in [2.05, 4.69) is 18.7 Å². The molecule has 110 valence electrons. The van der Waals surface area contributed by atoms with E-state index < -0.39 is 0 Å². The van der Waals surface area contributed by atoms with Crippen molar-refractivity contribution >= 4 is 11.6 Å². The van der Waals surface area contributed by atoms with Gasteiger partial charge in [-0.2, -0.15) is 0 Å². The van der Waals surface area contributed by atoms with Crippen LogP contribution in [-0.4, -0.2) is 23.4 Å². The Kier molecular flexibility index (Phi) is 4.69. The summed E-state index contributed by atoms with van der Waals surface area (Å²) in [7, 11) is 0. The van der Waals surface area contributed by atoms with E-state index in [9.17, 15) is 4.79 Å². The van der Waals surface area contributed by atoms with Crippen LogP contribution in [0.1, 0.15) is 51.5 Å². The SMILES string of the molecule is CC(C)CCN(C(=O)C(C)c1cccc(N)c1)C1CC1. The Morgan fingerprint density at radius 2 is 2.05 bits per heavy atom. The summed E-state index contributed by atoms with van der Waals surface area (Å²) in [4.78, 5) is 14.8. The average molecular weight is 274 g/mol. The predicted molar refractivity (Wildman–Crippen MR) is 83.5 cm³/mol. The highest BCUT2D eigenvalue weighted by Gasteiger charge is 2.34. The molecule has 20 heavy (non-hydrogen) atoms. The first-order valence-corrected chi connectivity index (χ1v) is 7.65. The normalized spacial score (nSPS) is 16.2. The fraction of sp³-hybridized carbons (Fsp3) is 0.588. The van der Waals surface area contributed by atoms with Gasteiger partial charge in [0.05, 0.1) is 5.92 Å². The molecule has 0 bridgehead atoms. The first-order chi connectivity index (χ1) is 9.49. The van der Waals surface area contributed by atoms with Crippen LogP contribution in [0.25, 0.3) is 0 Å². The number of hydrogen-bond acceptors (Lipinski definition) is 2. The quantitative estimate of drug-likeness (QED) is 0.808. The molecule has 3 heteroatoms. The summed E-state index contributed by atoms with van der Waals surface area (Å²) in [5.74, 6) is 0.775. The van der Waals surface area contributed by atoms with E-state index in [1.54, 1.807) is 0 Å². The summed E-state index contributed by atoms with van der Waals surface area (Å²) < 4.78 is 0. The molecular formula is C17H26N2O. The number of nitrogens with two attached hydrogens (primary N) is 1. The molecule has 1 fully saturated rings. The molecule has 1 aliphatic rings. The largest absolute Gasteiger partial charge is 0.399 e. The summed E-state index contributed by atoms with van der Waals surface area (Å²) in [6.07, 6.45) is 3.40. The molecule has 1 atom stereocenters. The van der Waals surface area contributed by atoms with Crippen LogP contribution in [0.5, 0.6) is 0 Å². The summed E-state index contributed by atoms with van der Waals surface area (Å²) in [6, 6.07) is 8.16. The first kappa shape index (κ1) is 14.9. The zero-order valence-corrected chi connectivity index (χ0v) is 12.8. The van der Waals surface area contributed by atoms with Crippen LogP contribution >= 0.6 is 0 Å². The van der Waals surface area contributed by atoms with Gasteiger partial charge in [-0.25, -0.2) is 0 Å². The third kappa shape index (κ3) is 3.75. The van der Waals surface area contributed by atoms with E-state index in [0.717, 1.165) is 37.1 Å². The minimum atomic E-state index is -0.105. The highest BCUT2D eigenvalue weighted by molar-refractivity contribution is 5.84. The van der Waals surface area contributed by atoms with Crippen molar-refractivity contribution < 1.29 is 4.79 Å². The molecule has 1 amide bonds. The number of carbonyl (C=O) groups excluding carboxylic acids is 1.